The zero-order chi connectivity index (χ0) is 21.8. The van der Waals surface area contributed by atoms with Crippen LogP contribution < -0.4 is 16.4 Å². The van der Waals surface area contributed by atoms with Crippen molar-refractivity contribution in [3.63, 3.8) is 0 Å². The summed E-state index contributed by atoms with van der Waals surface area (Å²) in [6.45, 7) is 0. The van der Waals surface area contributed by atoms with Crippen molar-refractivity contribution in [2.75, 3.05) is 12.4 Å². The first-order valence-electron chi connectivity index (χ1n) is 8.43. The van der Waals surface area contributed by atoms with Crippen molar-refractivity contribution in [1.29, 1.82) is 0 Å². The van der Waals surface area contributed by atoms with Gasteiger partial charge in [0, 0.05) is 22.3 Å². The van der Waals surface area contributed by atoms with E-state index in [1.807, 2.05) is 0 Å². The molecule has 0 bridgehead atoms. The van der Waals surface area contributed by atoms with Gasteiger partial charge in [0.2, 0.25) is 0 Å². The van der Waals surface area contributed by atoms with Crippen molar-refractivity contribution in [1.82, 2.24) is 10.0 Å². The number of aromatic nitrogens is 1. The van der Waals surface area contributed by atoms with Gasteiger partial charge in [-0.05, 0) is 52.3 Å². The highest BCUT2D eigenvalue weighted by atomic mass is 79.9. The molecule has 3 aromatic rings. The number of halogens is 3. The van der Waals surface area contributed by atoms with E-state index < -0.39 is 34.7 Å². The fourth-order valence-electron chi connectivity index (χ4n) is 2.62. The lowest BCUT2D eigenvalue weighted by Crippen LogP contribution is -2.23. The van der Waals surface area contributed by atoms with Crippen molar-refractivity contribution in [2.45, 2.75) is 0 Å². The van der Waals surface area contributed by atoms with Gasteiger partial charge in [0.25, 0.3) is 17.4 Å². The zero-order valence-corrected chi connectivity index (χ0v) is 17.0. The maximum atomic E-state index is 14.1. The van der Waals surface area contributed by atoms with Crippen molar-refractivity contribution in [3.8, 4) is 5.69 Å². The molecule has 7 nitrogen and oxygen atoms in total. The number of hydrogen-bond donors (Lipinski definition) is 2. The minimum atomic E-state index is -0.950. The highest BCUT2D eigenvalue weighted by molar-refractivity contribution is 9.10. The summed E-state index contributed by atoms with van der Waals surface area (Å²) in [6.07, 6.45) is 1.04. The van der Waals surface area contributed by atoms with E-state index in [2.05, 4.69) is 31.6 Å². The fourth-order valence-corrected chi connectivity index (χ4v) is 2.97. The van der Waals surface area contributed by atoms with E-state index in [9.17, 15) is 23.2 Å². The largest absolute Gasteiger partial charge is 0.321 e. The minimum Gasteiger partial charge on any atom is -0.321 e. The van der Waals surface area contributed by atoms with Crippen LogP contribution >= 0.6 is 15.9 Å². The number of pyridine rings is 1. The molecular weight excluding hydrogens is 464 g/mol. The van der Waals surface area contributed by atoms with Crippen LogP contribution in [0.15, 0.2) is 64.0 Å². The van der Waals surface area contributed by atoms with Gasteiger partial charge in [-0.2, -0.15) is 0 Å². The van der Waals surface area contributed by atoms with E-state index in [1.165, 1.54) is 31.4 Å². The van der Waals surface area contributed by atoms with Crippen LogP contribution in [0.2, 0.25) is 0 Å². The highest BCUT2D eigenvalue weighted by Crippen LogP contribution is 2.24. The number of nitrogens with zero attached hydrogens (tertiary/aromatic N) is 1. The molecular formula is C20H14BrF2N3O4. The Morgan fingerprint density at radius 2 is 1.67 bits per heavy atom. The van der Waals surface area contributed by atoms with Gasteiger partial charge in [-0.15, -0.1) is 0 Å². The number of rotatable bonds is 5. The quantitative estimate of drug-likeness (QED) is 0.551. The lowest BCUT2D eigenvalue weighted by atomic mass is 10.2. The van der Waals surface area contributed by atoms with Crippen molar-refractivity contribution < 1.29 is 23.2 Å². The molecule has 10 heteroatoms. The van der Waals surface area contributed by atoms with Crippen LogP contribution in [0.25, 0.3) is 5.69 Å². The number of para-hydroxylation sites is 1. The van der Waals surface area contributed by atoms with E-state index in [0.717, 1.165) is 29.0 Å². The average Bonchev–Trinajstić information content (AvgIpc) is 2.71. The van der Waals surface area contributed by atoms with Crippen LogP contribution in [-0.2, 0) is 4.84 Å². The van der Waals surface area contributed by atoms with E-state index >= 15 is 0 Å². The number of hydroxylamine groups is 1. The molecule has 1 heterocycles. The fraction of sp³-hybridized carbons (Fsp3) is 0.0500. The van der Waals surface area contributed by atoms with E-state index in [4.69, 9.17) is 0 Å². The standard InChI is InChI=1S/C20H14BrF2N3O4/c1-30-25-20(29)11-5-7-13(21)16(9-11)24-19(28)12-6-8-17(27)26(10-12)18-14(22)3-2-4-15(18)23/h2-10H,1H3,(H,24,28)(H,25,29). The normalized spacial score (nSPS) is 10.5. The number of amides is 2. The molecule has 1 aromatic heterocycles. The molecule has 154 valence electrons. The number of anilines is 1. The second-order valence-electron chi connectivity index (χ2n) is 5.98. The van der Waals surface area contributed by atoms with Gasteiger partial charge >= 0.3 is 0 Å². The third kappa shape index (κ3) is 4.44. The Labute approximate surface area is 177 Å². The number of nitrogens with one attached hydrogen (secondary N) is 2. The van der Waals surface area contributed by atoms with E-state index in [1.54, 1.807) is 6.07 Å². The number of hydrogen-bond acceptors (Lipinski definition) is 4. The van der Waals surface area contributed by atoms with Crippen LogP contribution in [0, 0.1) is 11.6 Å². The summed E-state index contributed by atoms with van der Waals surface area (Å²) in [6, 6.07) is 9.89. The summed E-state index contributed by atoms with van der Waals surface area (Å²) >= 11 is 3.27. The summed E-state index contributed by atoms with van der Waals surface area (Å²) in [4.78, 5) is 41.3. The summed E-state index contributed by atoms with van der Waals surface area (Å²) in [7, 11) is 1.28. The Hall–Kier alpha value is -3.37. The third-order valence-corrected chi connectivity index (χ3v) is 4.71. The van der Waals surface area contributed by atoms with Crippen molar-refractivity contribution >= 4 is 33.4 Å². The molecule has 0 saturated carbocycles. The number of carbonyl (C=O) groups excluding carboxylic acids is 2. The van der Waals surface area contributed by atoms with Crippen LogP contribution in [-0.4, -0.2) is 23.5 Å². The summed E-state index contributed by atoms with van der Waals surface area (Å²) in [5.74, 6) is -3.09. The zero-order valence-electron chi connectivity index (χ0n) is 15.4. The SMILES string of the molecule is CONC(=O)c1ccc(Br)c(NC(=O)c2ccc(=O)n(-c3c(F)cccc3F)c2)c1. The lowest BCUT2D eigenvalue weighted by Gasteiger charge is -2.12. The van der Waals surface area contributed by atoms with Crippen LogP contribution in [0.1, 0.15) is 20.7 Å². The summed E-state index contributed by atoms with van der Waals surface area (Å²) < 4.78 is 29.4. The Morgan fingerprint density at radius 1 is 1.00 bits per heavy atom. The molecule has 0 aliphatic carbocycles. The molecule has 2 amide bonds. The Bertz CT molecular complexity index is 1180. The van der Waals surface area contributed by atoms with Gasteiger partial charge in [-0.25, -0.2) is 14.3 Å². The van der Waals surface area contributed by atoms with Gasteiger partial charge in [-0.1, -0.05) is 6.07 Å². The van der Waals surface area contributed by atoms with Gasteiger partial charge in [0.05, 0.1) is 18.4 Å². The maximum Gasteiger partial charge on any atom is 0.274 e. The molecule has 0 aliphatic heterocycles. The van der Waals surface area contributed by atoms with Gasteiger partial charge in [-0.3, -0.25) is 23.8 Å². The summed E-state index contributed by atoms with van der Waals surface area (Å²) in [5, 5.41) is 2.58. The van der Waals surface area contributed by atoms with Crippen molar-refractivity contribution in [3.05, 3.63) is 92.3 Å². The molecule has 30 heavy (non-hydrogen) atoms. The predicted molar refractivity (Wildman–Crippen MR) is 109 cm³/mol. The smallest absolute Gasteiger partial charge is 0.274 e. The molecule has 2 N–H and O–H groups in total. The summed E-state index contributed by atoms with van der Waals surface area (Å²) in [5.41, 5.74) is 1.31. The first-order valence-corrected chi connectivity index (χ1v) is 9.22. The Balaban J connectivity index is 1.95. The Kier molecular flexibility index (Phi) is 6.38. The molecule has 2 aromatic carbocycles. The molecule has 0 unspecified atom stereocenters. The second-order valence-corrected chi connectivity index (χ2v) is 6.83. The average molecular weight is 478 g/mol. The molecule has 0 fully saturated rings. The van der Waals surface area contributed by atoms with Crippen molar-refractivity contribution in [2.24, 2.45) is 0 Å². The first kappa shape index (κ1) is 21.3. The van der Waals surface area contributed by atoms with Gasteiger partial charge in [0.15, 0.2) is 0 Å². The highest BCUT2D eigenvalue weighted by Gasteiger charge is 2.16. The first-order chi connectivity index (χ1) is 14.3. The lowest BCUT2D eigenvalue weighted by molar-refractivity contribution is 0.0537. The molecule has 0 aliphatic rings. The number of carbonyl (C=O) groups is 2. The predicted octanol–water partition coefficient (Wildman–Crippen LogP) is 3.42. The second kappa shape index (κ2) is 8.97. The number of benzene rings is 2. The Morgan fingerprint density at radius 3 is 2.33 bits per heavy atom. The molecule has 0 radical (unpaired) electrons. The van der Waals surface area contributed by atoms with Gasteiger partial charge < -0.3 is 5.32 Å². The van der Waals surface area contributed by atoms with Crippen LogP contribution in [0.3, 0.4) is 0 Å². The van der Waals surface area contributed by atoms with E-state index in [-0.39, 0.29) is 16.8 Å². The molecule has 3 rings (SSSR count). The third-order valence-electron chi connectivity index (χ3n) is 4.02. The molecule has 0 atom stereocenters. The van der Waals surface area contributed by atoms with Gasteiger partial charge in [0.1, 0.15) is 17.3 Å². The van der Waals surface area contributed by atoms with Crippen LogP contribution in [0.4, 0.5) is 14.5 Å². The van der Waals surface area contributed by atoms with Crippen LogP contribution in [0.5, 0.6) is 0 Å². The molecule has 0 spiro atoms. The molecule has 0 saturated heterocycles. The minimum absolute atomic E-state index is 0.0316. The topological polar surface area (TPSA) is 89.4 Å². The van der Waals surface area contributed by atoms with E-state index in [0.29, 0.717) is 4.47 Å². The maximum absolute atomic E-state index is 14.1. The monoisotopic (exact) mass is 477 g/mol.